The Morgan fingerprint density at radius 2 is 2.27 bits per heavy atom. The Morgan fingerprint density at radius 3 is 2.86 bits per heavy atom. The van der Waals surface area contributed by atoms with Gasteiger partial charge in [-0.2, -0.15) is 5.06 Å². The van der Waals surface area contributed by atoms with E-state index in [9.17, 15) is 9.90 Å². The van der Waals surface area contributed by atoms with Gasteiger partial charge in [0.25, 0.3) is 0 Å². The third kappa shape index (κ3) is 3.53. The van der Waals surface area contributed by atoms with Crippen molar-refractivity contribution in [3.05, 3.63) is 34.9 Å². The van der Waals surface area contributed by atoms with Gasteiger partial charge in [-0.3, -0.25) is 4.98 Å². The predicted molar refractivity (Wildman–Crippen MR) is 77.8 cm³/mol. The topological polar surface area (TPSA) is 76.2 Å². The van der Waals surface area contributed by atoms with Gasteiger partial charge in [0.2, 0.25) is 5.69 Å². The number of amides is 1. The molecular formula is C15H19N3O4. The molecule has 118 valence electrons. The summed E-state index contributed by atoms with van der Waals surface area (Å²) in [4.78, 5) is 24.9. The number of nitrogens with zero attached hydrogens (tertiary/aromatic N) is 3. The first-order chi connectivity index (χ1) is 10.2. The Labute approximate surface area is 129 Å². The number of aliphatic hydroxyl groups is 1. The molecule has 1 amide bonds. The minimum atomic E-state index is -1.10. The second kappa shape index (κ2) is 5.91. The van der Waals surface area contributed by atoms with E-state index in [0.29, 0.717) is 16.9 Å². The molecule has 0 saturated carbocycles. The number of hydrogen-bond donors (Lipinski definition) is 1. The van der Waals surface area contributed by atoms with E-state index in [0.717, 1.165) is 5.06 Å². The van der Waals surface area contributed by atoms with Gasteiger partial charge in [0, 0.05) is 18.3 Å². The fourth-order valence-electron chi connectivity index (χ4n) is 2.12. The monoisotopic (exact) mass is 305 g/mol. The molecule has 0 aliphatic carbocycles. The number of aliphatic hydroxyl groups excluding tert-OH is 1. The summed E-state index contributed by atoms with van der Waals surface area (Å²) in [6.45, 7) is 14.1. The number of aromatic nitrogens is 1. The maximum Gasteiger partial charge on any atom is 0.435 e. The van der Waals surface area contributed by atoms with E-state index >= 15 is 0 Å². The van der Waals surface area contributed by atoms with E-state index in [4.69, 9.17) is 16.1 Å². The van der Waals surface area contributed by atoms with Gasteiger partial charge >= 0.3 is 6.09 Å². The Kier molecular flexibility index (Phi) is 4.35. The lowest BCUT2D eigenvalue weighted by molar-refractivity contribution is -0.207. The van der Waals surface area contributed by atoms with Crippen molar-refractivity contribution in [3.63, 3.8) is 0 Å². The normalized spacial score (nSPS) is 21.5. The van der Waals surface area contributed by atoms with Crippen LogP contribution in [0.15, 0.2) is 12.3 Å². The van der Waals surface area contributed by atoms with Gasteiger partial charge in [0.1, 0.15) is 5.60 Å². The maximum absolute atomic E-state index is 12.2. The first-order valence-electron chi connectivity index (χ1n) is 6.92. The second-order valence-corrected chi connectivity index (χ2v) is 6.10. The van der Waals surface area contributed by atoms with Gasteiger partial charge in [-0.1, -0.05) is 0 Å². The highest BCUT2D eigenvalue weighted by Gasteiger charge is 2.39. The largest absolute Gasteiger partial charge is 0.442 e. The molecule has 0 radical (unpaired) electrons. The molecule has 2 rings (SSSR count). The highest BCUT2D eigenvalue weighted by atomic mass is 16.8. The molecule has 7 heteroatoms. The average molecular weight is 305 g/mol. The van der Waals surface area contributed by atoms with Crippen molar-refractivity contribution in [2.75, 3.05) is 0 Å². The molecule has 1 fully saturated rings. The summed E-state index contributed by atoms with van der Waals surface area (Å²) >= 11 is 0. The summed E-state index contributed by atoms with van der Waals surface area (Å²) in [6.07, 6.45) is -0.0105. The zero-order valence-electron chi connectivity index (χ0n) is 13.0. The number of pyridine rings is 1. The second-order valence-electron chi connectivity index (χ2n) is 6.10. The van der Waals surface area contributed by atoms with Crippen LogP contribution in [0, 0.1) is 13.5 Å². The van der Waals surface area contributed by atoms with E-state index in [1.54, 1.807) is 40.0 Å². The highest BCUT2D eigenvalue weighted by molar-refractivity contribution is 5.68. The molecular weight excluding hydrogens is 286 g/mol. The molecule has 7 nitrogen and oxygen atoms in total. The maximum atomic E-state index is 12.2. The summed E-state index contributed by atoms with van der Waals surface area (Å²) < 4.78 is 5.27. The molecule has 1 unspecified atom stereocenters. The quantitative estimate of drug-likeness (QED) is 0.807. The van der Waals surface area contributed by atoms with Crippen molar-refractivity contribution in [3.8, 4) is 0 Å². The SMILES string of the molecule is [C-]#[N+]c1cc([C@@H]2CC(O)ON2C(=O)OC(C)(C)C)cnc1C. The number of carbonyl (C=O) groups excluding carboxylic acids is 1. The summed E-state index contributed by atoms with van der Waals surface area (Å²) in [5, 5.41) is 10.7. The van der Waals surface area contributed by atoms with Crippen LogP contribution in [-0.2, 0) is 9.57 Å². The Hall–Kier alpha value is -2.17. The van der Waals surface area contributed by atoms with Crippen molar-refractivity contribution < 1.29 is 19.5 Å². The zero-order valence-corrected chi connectivity index (χ0v) is 13.0. The van der Waals surface area contributed by atoms with Crippen molar-refractivity contribution in [1.29, 1.82) is 0 Å². The third-order valence-electron chi connectivity index (χ3n) is 3.10. The molecule has 1 aliphatic rings. The molecule has 22 heavy (non-hydrogen) atoms. The number of aryl methyl sites for hydroxylation is 1. The molecule has 0 spiro atoms. The van der Waals surface area contributed by atoms with Crippen molar-refractivity contribution in [1.82, 2.24) is 10.0 Å². The molecule has 1 aliphatic heterocycles. The molecule has 0 aromatic carbocycles. The molecule has 1 saturated heterocycles. The van der Waals surface area contributed by atoms with E-state index in [2.05, 4.69) is 9.83 Å². The van der Waals surface area contributed by atoms with Crippen LogP contribution in [0.25, 0.3) is 4.85 Å². The number of hydrogen-bond acceptors (Lipinski definition) is 5. The van der Waals surface area contributed by atoms with Crippen molar-refractivity contribution in [2.24, 2.45) is 0 Å². The van der Waals surface area contributed by atoms with E-state index in [1.807, 2.05) is 0 Å². The van der Waals surface area contributed by atoms with Gasteiger partial charge in [0.05, 0.1) is 12.6 Å². The van der Waals surface area contributed by atoms with Crippen LogP contribution in [0.2, 0.25) is 0 Å². The highest BCUT2D eigenvalue weighted by Crippen LogP contribution is 2.35. The summed E-state index contributed by atoms with van der Waals surface area (Å²) in [5.41, 5.74) is 0.968. The van der Waals surface area contributed by atoms with E-state index in [1.165, 1.54) is 0 Å². The van der Waals surface area contributed by atoms with Crippen molar-refractivity contribution in [2.45, 2.75) is 52.0 Å². The van der Waals surface area contributed by atoms with Gasteiger partial charge in [-0.15, -0.1) is 0 Å². The average Bonchev–Trinajstić information content (AvgIpc) is 2.79. The smallest absolute Gasteiger partial charge is 0.435 e. The first-order valence-corrected chi connectivity index (χ1v) is 6.92. The Bertz CT molecular complexity index is 618. The molecule has 1 N–H and O–H groups in total. The van der Waals surface area contributed by atoms with Crippen LogP contribution in [0.1, 0.15) is 44.5 Å². The number of carbonyl (C=O) groups is 1. The lowest BCUT2D eigenvalue weighted by Crippen LogP contribution is -2.36. The van der Waals surface area contributed by atoms with E-state index in [-0.39, 0.29) is 6.42 Å². The molecule has 2 heterocycles. The molecule has 1 aromatic heterocycles. The Morgan fingerprint density at radius 1 is 1.59 bits per heavy atom. The summed E-state index contributed by atoms with van der Waals surface area (Å²) in [5.74, 6) is 0. The molecule has 2 atom stereocenters. The number of ether oxygens (including phenoxy) is 1. The number of rotatable bonds is 1. The van der Waals surface area contributed by atoms with Crippen LogP contribution in [0.3, 0.4) is 0 Å². The Balaban J connectivity index is 2.28. The van der Waals surface area contributed by atoms with E-state index < -0.39 is 24.0 Å². The number of hydroxylamine groups is 2. The molecule has 0 bridgehead atoms. The van der Waals surface area contributed by atoms with Crippen LogP contribution < -0.4 is 0 Å². The third-order valence-corrected chi connectivity index (χ3v) is 3.10. The molecule has 1 aromatic rings. The van der Waals surface area contributed by atoms with Crippen LogP contribution >= 0.6 is 0 Å². The van der Waals surface area contributed by atoms with Crippen LogP contribution in [-0.4, -0.2) is 33.1 Å². The lowest BCUT2D eigenvalue weighted by Gasteiger charge is -2.27. The van der Waals surface area contributed by atoms with Gasteiger partial charge in [-0.05, 0) is 39.3 Å². The zero-order chi connectivity index (χ0) is 16.5. The first kappa shape index (κ1) is 16.2. The van der Waals surface area contributed by atoms with Gasteiger partial charge < -0.3 is 9.84 Å². The predicted octanol–water partition coefficient (Wildman–Crippen LogP) is 2.87. The standard InChI is InChI=1S/C15H19N3O4/c1-9-11(16-5)6-10(8-17-9)12-7-13(19)22-18(12)14(20)21-15(2,3)4/h6,8,12-13,19H,7H2,1-4H3/t12-,13?/m0/s1. The van der Waals surface area contributed by atoms with Gasteiger partial charge in [0.15, 0.2) is 6.29 Å². The minimum absolute atomic E-state index is 0.196. The van der Waals surface area contributed by atoms with Gasteiger partial charge in [-0.25, -0.2) is 14.5 Å². The summed E-state index contributed by atoms with van der Waals surface area (Å²) in [7, 11) is 0. The lowest BCUT2D eigenvalue weighted by atomic mass is 10.1. The summed E-state index contributed by atoms with van der Waals surface area (Å²) in [6, 6.07) is 1.11. The van der Waals surface area contributed by atoms with Crippen molar-refractivity contribution >= 4 is 11.8 Å². The minimum Gasteiger partial charge on any atom is -0.442 e. The fraction of sp³-hybridized carbons (Fsp3) is 0.533. The fourth-order valence-corrected chi connectivity index (χ4v) is 2.12. The van der Waals surface area contributed by atoms with Crippen LogP contribution in [0.4, 0.5) is 10.5 Å². The van der Waals surface area contributed by atoms with Crippen LogP contribution in [0.5, 0.6) is 0 Å².